The molecule has 1 N–H and O–H groups in total. The lowest BCUT2D eigenvalue weighted by molar-refractivity contribution is -0.123. The smallest absolute Gasteiger partial charge is 0.243 e. The van der Waals surface area contributed by atoms with Crippen molar-refractivity contribution < 1.29 is 13.2 Å². The molecule has 2 atom stereocenters. The Labute approximate surface area is 197 Å². The molecule has 0 bridgehead atoms. The Morgan fingerprint density at radius 1 is 1.03 bits per heavy atom. The highest BCUT2D eigenvalue weighted by Gasteiger charge is 2.39. The average molecular weight is 468 g/mol. The van der Waals surface area contributed by atoms with Crippen LogP contribution in [0.25, 0.3) is 11.1 Å². The Balaban J connectivity index is 1.42. The Kier molecular flexibility index (Phi) is 7.32. The van der Waals surface area contributed by atoms with Gasteiger partial charge >= 0.3 is 0 Å². The minimum atomic E-state index is -3.71. The summed E-state index contributed by atoms with van der Waals surface area (Å²) in [7, 11) is -2.17. The number of hydrogen-bond acceptors (Lipinski definition) is 4. The standard InChI is InChI=1S/C26H33N3O3S/c1-3-23-6-4-17-28(23)19-16-20-8-10-21(11-9-20)22-12-14-24(15-13-22)33(31,32)29-18-5-7-25(29)26(30)27-2/h3,8-15,23,25H,1,4-7,16-19H2,2H3,(H,27,30)/t23-,25+/m1/s1. The molecule has 0 aromatic heterocycles. The van der Waals surface area contributed by atoms with Gasteiger partial charge in [-0.05, 0) is 67.5 Å². The van der Waals surface area contributed by atoms with Crippen LogP contribution in [0, 0.1) is 0 Å². The topological polar surface area (TPSA) is 69.7 Å². The fraction of sp³-hybridized carbons (Fsp3) is 0.423. The number of likely N-dealkylation sites (N-methyl/N-ethyl adjacent to an activating group) is 1. The van der Waals surface area contributed by atoms with Gasteiger partial charge in [0.1, 0.15) is 6.04 Å². The van der Waals surface area contributed by atoms with E-state index in [-0.39, 0.29) is 10.8 Å². The first-order chi connectivity index (χ1) is 15.9. The number of carbonyl (C=O) groups excluding carboxylic acids is 1. The average Bonchev–Trinajstić information content (AvgIpc) is 3.52. The number of nitrogens with zero attached hydrogens (tertiary/aromatic N) is 2. The highest BCUT2D eigenvalue weighted by atomic mass is 32.2. The van der Waals surface area contributed by atoms with Crippen LogP contribution in [0.3, 0.4) is 0 Å². The summed E-state index contributed by atoms with van der Waals surface area (Å²) in [6.45, 7) is 6.50. The number of carbonyl (C=O) groups is 1. The molecule has 2 aliphatic rings. The summed E-state index contributed by atoms with van der Waals surface area (Å²) in [6, 6.07) is 15.3. The van der Waals surface area contributed by atoms with Crippen molar-refractivity contribution in [1.82, 2.24) is 14.5 Å². The van der Waals surface area contributed by atoms with Crippen molar-refractivity contribution in [3.05, 3.63) is 66.7 Å². The molecule has 7 heteroatoms. The lowest BCUT2D eigenvalue weighted by Crippen LogP contribution is -2.44. The second-order valence-corrected chi connectivity index (χ2v) is 10.7. The van der Waals surface area contributed by atoms with E-state index >= 15 is 0 Å². The van der Waals surface area contributed by atoms with Crippen molar-refractivity contribution in [3.8, 4) is 11.1 Å². The molecule has 176 valence electrons. The number of sulfonamides is 1. The van der Waals surface area contributed by atoms with Crippen LogP contribution in [0.5, 0.6) is 0 Å². The molecule has 0 spiro atoms. The van der Waals surface area contributed by atoms with Crippen LogP contribution in [-0.2, 0) is 21.2 Å². The largest absolute Gasteiger partial charge is 0.358 e. The van der Waals surface area contributed by atoms with Gasteiger partial charge in [-0.15, -0.1) is 6.58 Å². The van der Waals surface area contributed by atoms with Crippen LogP contribution in [0.4, 0.5) is 0 Å². The summed E-state index contributed by atoms with van der Waals surface area (Å²) in [4.78, 5) is 14.8. The number of nitrogens with one attached hydrogen (secondary N) is 1. The van der Waals surface area contributed by atoms with Crippen molar-refractivity contribution in [2.24, 2.45) is 0 Å². The van der Waals surface area contributed by atoms with Crippen LogP contribution in [-0.4, -0.2) is 62.3 Å². The molecule has 2 heterocycles. The highest BCUT2D eigenvalue weighted by molar-refractivity contribution is 7.89. The van der Waals surface area contributed by atoms with E-state index in [1.54, 1.807) is 12.1 Å². The van der Waals surface area contributed by atoms with Crippen LogP contribution < -0.4 is 5.32 Å². The number of amides is 1. The molecule has 6 nitrogen and oxygen atoms in total. The lowest BCUT2D eigenvalue weighted by atomic mass is 10.0. The van der Waals surface area contributed by atoms with Gasteiger partial charge < -0.3 is 5.32 Å². The molecule has 2 aromatic carbocycles. The van der Waals surface area contributed by atoms with E-state index in [0.29, 0.717) is 25.4 Å². The molecular weight excluding hydrogens is 434 g/mol. The van der Waals surface area contributed by atoms with E-state index in [1.165, 1.54) is 29.8 Å². The van der Waals surface area contributed by atoms with E-state index in [2.05, 4.69) is 47.1 Å². The summed E-state index contributed by atoms with van der Waals surface area (Å²) < 4.78 is 27.6. The van der Waals surface area contributed by atoms with Crippen LogP contribution in [0.2, 0.25) is 0 Å². The molecule has 0 aliphatic carbocycles. The molecule has 33 heavy (non-hydrogen) atoms. The third kappa shape index (κ3) is 5.05. The number of likely N-dealkylation sites (tertiary alicyclic amines) is 1. The van der Waals surface area contributed by atoms with Gasteiger partial charge in [-0.1, -0.05) is 42.5 Å². The van der Waals surface area contributed by atoms with E-state index < -0.39 is 16.1 Å². The molecule has 2 aromatic rings. The molecule has 0 unspecified atom stereocenters. The van der Waals surface area contributed by atoms with Crippen LogP contribution >= 0.6 is 0 Å². The lowest BCUT2D eigenvalue weighted by Gasteiger charge is -2.23. The minimum absolute atomic E-state index is 0.223. The third-order valence-corrected chi connectivity index (χ3v) is 8.80. The Bertz CT molecular complexity index is 1080. The van der Waals surface area contributed by atoms with Crippen molar-refractivity contribution in [2.75, 3.05) is 26.7 Å². The summed E-state index contributed by atoms with van der Waals surface area (Å²) in [5, 5.41) is 2.57. The first-order valence-corrected chi connectivity index (χ1v) is 13.2. The van der Waals surface area contributed by atoms with Crippen molar-refractivity contribution >= 4 is 15.9 Å². The normalized spacial score (nSPS) is 21.8. The van der Waals surface area contributed by atoms with Gasteiger partial charge in [0.2, 0.25) is 15.9 Å². The second kappa shape index (κ2) is 10.2. The fourth-order valence-corrected chi connectivity index (χ4v) is 6.60. The summed E-state index contributed by atoms with van der Waals surface area (Å²) >= 11 is 0. The molecule has 0 radical (unpaired) electrons. The third-order valence-electron chi connectivity index (χ3n) is 6.87. The van der Waals surface area contributed by atoms with Gasteiger partial charge in [0.05, 0.1) is 4.90 Å². The van der Waals surface area contributed by atoms with Gasteiger partial charge in [-0.25, -0.2) is 8.42 Å². The highest BCUT2D eigenvalue weighted by Crippen LogP contribution is 2.28. The molecule has 1 amide bonds. The molecule has 2 saturated heterocycles. The first-order valence-electron chi connectivity index (χ1n) is 11.7. The van der Waals surface area contributed by atoms with Crippen molar-refractivity contribution in [2.45, 2.75) is 49.1 Å². The first kappa shape index (κ1) is 23.7. The van der Waals surface area contributed by atoms with E-state index in [1.807, 2.05) is 12.1 Å². The zero-order valence-electron chi connectivity index (χ0n) is 19.2. The molecular formula is C26H33N3O3S. The minimum Gasteiger partial charge on any atom is -0.358 e. The molecule has 0 saturated carbocycles. The summed E-state index contributed by atoms with van der Waals surface area (Å²) in [6.07, 6.45) is 6.75. The maximum Gasteiger partial charge on any atom is 0.243 e. The molecule has 2 fully saturated rings. The van der Waals surface area contributed by atoms with E-state index in [0.717, 1.165) is 30.6 Å². The van der Waals surface area contributed by atoms with Crippen LogP contribution in [0.15, 0.2) is 66.1 Å². The van der Waals surface area contributed by atoms with Gasteiger partial charge in [-0.2, -0.15) is 4.31 Å². The predicted octanol–water partition coefficient (Wildman–Crippen LogP) is 3.45. The zero-order chi connectivity index (χ0) is 23.4. The molecule has 4 rings (SSSR count). The van der Waals surface area contributed by atoms with Crippen molar-refractivity contribution in [1.29, 1.82) is 0 Å². The number of rotatable bonds is 8. The van der Waals surface area contributed by atoms with Crippen LogP contribution in [0.1, 0.15) is 31.2 Å². The fourth-order valence-electron chi connectivity index (χ4n) is 4.94. The zero-order valence-corrected chi connectivity index (χ0v) is 20.1. The second-order valence-electron chi connectivity index (χ2n) is 8.84. The monoisotopic (exact) mass is 467 g/mol. The van der Waals surface area contributed by atoms with E-state index in [9.17, 15) is 13.2 Å². The number of benzene rings is 2. The SMILES string of the molecule is C=C[C@@H]1CCCN1CCc1ccc(-c2ccc(S(=O)(=O)N3CCC[C@H]3C(=O)NC)cc2)cc1. The number of hydrogen-bond donors (Lipinski definition) is 1. The Morgan fingerprint density at radius 3 is 2.30 bits per heavy atom. The summed E-state index contributed by atoms with van der Waals surface area (Å²) in [5.74, 6) is -0.252. The van der Waals surface area contributed by atoms with Gasteiger partial charge in [0.15, 0.2) is 0 Å². The Hall–Kier alpha value is -2.48. The van der Waals surface area contributed by atoms with E-state index in [4.69, 9.17) is 0 Å². The Morgan fingerprint density at radius 2 is 1.67 bits per heavy atom. The maximum atomic E-state index is 13.1. The van der Waals surface area contributed by atoms with Gasteiger partial charge in [0, 0.05) is 26.2 Å². The molecule has 2 aliphatic heterocycles. The quantitative estimate of drug-likeness (QED) is 0.604. The van der Waals surface area contributed by atoms with Crippen molar-refractivity contribution in [3.63, 3.8) is 0 Å². The van der Waals surface area contributed by atoms with Gasteiger partial charge in [-0.3, -0.25) is 9.69 Å². The maximum absolute atomic E-state index is 13.1. The summed E-state index contributed by atoms with van der Waals surface area (Å²) in [5.41, 5.74) is 3.32. The predicted molar refractivity (Wildman–Crippen MR) is 131 cm³/mol. The van der Waals surface area contributed by atoms with Gasteiger partial charge in [0.25, 0.3) is 0 Å².